The zero-order chi connectivity index (χ0) is 17.5. The maximum atomic E-state index is 11.9. The minimum absolute atomic E-state index is 0.128. The fourth-order valence-electron chi connectivity index (χ4n) is 2.63. The van der Waals surface area contributed by atoms with Crippen LogP contribution in [0.1, 0.15) is 18.9 Å². The third-order valence-corrected chi connectivity index (χ3v) is 3.88. The Balaban J connectivity index is 1.89. The smallest absolute Gasteiger partial charge is 0.407 e. The first-order valence-corrected chi connectivity index (χ1v) is 7.68. The molecule has 3 N–H and O–H groups in total. The number of amides is 3. The Labute approximate surface area is 139 Å². The van der Waals surface area contributed by atoms with Crippen LogP contribution in [-0.4, -0.2) is 53.3 Å². The minimum atomic E-state index is -1.20. The van der Waals surface area contributed by atoms with Gasteiger partial charge in [0.15, 0.2) is 0 Å². The van der Waals surface area contributed by atoms with Crippen molar-refractivity contribution in [3.05, 3.63) is 35.9 Å². The standard InChI is InChI=1S/C16H21N3O5/c1-11(20)19-8-7-13(14(9-19)17-15(21)22)18-16(23)24-10-12-5-3-2-4-6-12/h2-6,13-14,17H,7-10H2,1H3,(H,18,23)(H,21,22)/t13-,14-/m1/s1. The summed E-state index contributed by atoms with van der Waals surface area (Å²) < 4.78 is 5.15. The van der Waals surface area contributed by atoms with Crippen molar-refractivity contribution < 1.29 is 24.2 Å². The van der Waals surface area contributed by atoms with Crippen LogP contribution in [0.5, 0.6) is 0 Å². The number of carboxylic acid groups (broad SMARTS) is 1. The Bertz CT molecular complexity index is 593. The van der Waals surface area contributed by atoms with Crippen LogP contribution in [0.15, 0.2) is 30.3 Å². The van der Waals surface area contributed by atoms with E-state index in [1.54, 1.807) is 4.90 Å². The molecular formula is C16H21N3O5. The Kier molecular flexibility index (Phi) is 6.00. The number of rotatable bonds is 4. The van der Waals surface area contributed by atoms with Crippen LogP contribution in [0.2, 0.25) is 0 Å². The van der Waals surface area contributed by atoms with Gasteiger partial charge in [0.05, 0.1) is 12.1 Å². The van der Waals surface area contributed by atoms with Crippen LogP contribution < -0.4 is 10.6 Å². The van der Waals surface area contributed by atoms with Crippen LogP contribution in [0.4, 0.5) is 9.59 Å². The van der Waals surface area contributed by atoms with Gasteiger partial charge in [-0.25, -0.2) is 9.59 Å². The molecule has 24 heavy (non-hydrogen) atoms. The van der Waals surface area contributed by atoms with E-state index in [1.165, 1.54) is 6.92 Å². The Morgan fingerprint density at radius 1 is 1.21 bits per heavy atom. The van der Waals surface area contributed by atoms with Crippen molar-refractivity contribution in [3.63, 3.8) is 0 Å². The summed E-state index contributed by atoms with van der Waals surface area (Å²) >= 11 is 0. The number of carbonyl (C=O) groups excluding carboxylic acids is 2. The molecule has 0 unspecified atom stereocenters. The highest BCUT2D eigenvalue weighted by Crippen LogP contribution is 2.12. The quantitative estimate of drug-likeness (QED) is 0.765. The molecule has 0 aliphatic carbocycles. The van der Waals surface area contributed by atoms with Gasteiger partial charge in [-0.15, -0.1) is 0 Å². The first-order valence-electron chi connectivity index (χ1n) is 7.68. The Morgan fingerprint density at radius 2 is 1.92 bits per heavy atom. The fraction of sp³-hybridized carbons (Fsp3) is 0.438. The lowest BCUT2D eigenvalue weighted by atomic mass is 9.99. The predicted molar refractivity (Wildman–Crippen MR) is 85.4 cm³/mol. The van der Waals surface area contributed by atoms with Crippen molar-refractivity contribution in [1.29, 1.82) is 0 Å². The summed E-state index contributed by atoms with van der Waals surface area (Å²) in [5.74, 6) is -0.128. The zero-order valence-electron chi connectivity index (χ0n) is 13.4. The first-order chi connectivity index (χ1) is 11.5. The van der Waals surface area contributed by atoms with E-state index in [1.807, 2.05) is 30.3 Å². The van der Waals surface area contributed by atoms with Gasteiger partial charge in [-0.2, -0.15) is 0 Å². The van der Waals surface area contributed by atoms with E-state index in [4.69, 9.17) is 9.84 Å². The van der Waals surface area contributed by atoms with Gasteiger partial charge in [-0.05, 0) is 12.0 Å². The second-order valence-electron chi connectivity index (χ2n) is 5.62. The molecule has 2 atom stereocenters. The molecule has 1 aliphatic heterocycles. The number of alkyl carbamates (subject to hydrolysis) is 1. The molecule has 1 aliphatic rings. The first kappa shape index (κ1) is 17.6. The lowest BCUT2D eigenvalue weighted by molar-refractivity contribution is -0.130. The molecule has 2 rings (SSSR count). The molecule has 0 saturated carbocycles. The number of benzene rings is 1. The molecule has 0 bridgehead atoms. The molecule has 8 nitrogen and oxygen atoms in total. The molecular weight excluding hydrogens is 314 g/mol. The van der Waals surface area contributed by atoms with Crippen molar-refractivity contribution in [2.75, 3.05) is 13.1 Å². The maximum Gasteiger partial charge on any atom is 0.407 e. The molecule has 0 spiro atoms. The lowest BCUT2D eigenvalue weighted by Gasteiger charge is -2.38. The van der Waals surface area contributed by atoms with E-state index in [0.717, 1.165) is 5.56 Å². The highest BCUT2D eigenvalue weighted by molar-refractivity contribution is 5.74. The van der Waals surface area contributed by atoms with Crippen molar-refractivity contribution in [2.45, 2.75) is 32.0 Å². The van der Waals surface area contributed by atoms with Crippen LogP contribution >= 0.6 is 0 Å². The lowest BCUT2D eigenvalue weighted by Crippen LogP contribution is -2.61. The summed E-state index contributed by atoms with van der Waals surface area (Å²) in [6.45, 7) is 2.23. The number of hydrogen-bond acceptors (Lipinski definition) is 4. The van der Waals surface area contributed by atoms with E-state index in [0.29, 0.717) is 13.0 Å². The van der Waals surface area contributed by atoms with Crippen LogP contribution in [0.3, 0.4) is 0 Å². The van der Waals surface area contributed by atoms with Gasteiger partial charge in [0.2, 0.25) is 5.91 Å². The van der Waals surface area contributed by atoms with Crippen molar-refractivity contribution in [3.8, 4) is 0 Å². The van der Waals surface area contributed by atoms with Crippen LogP contribution in [0, 0.1) is 0 Å². The second-order valence-corrected chi connectivity index (χ2v) is 5.62. The number of hydrogen-bond donors (Lipinski definition) is 3. The Morgan fingerprint density at radius 3 is 2.54 bits per heavy atom. The molecule has 1 fully saturated rings. The number of nitrogens with one attached hydrogen (secondary N) is 2. The van der Waals surface area contributed by atoms with Crippen LogP contribution in [-0.2, 0) is 16.1 Å². The van der Waals surface area contributed by atoms with E-state index in [2.05, 4.69) is 10.6 Å². The molecule has 1 heterocycles. The van der Waals surface area contributed by atoms with Gasteiger partial charge in [0.25, 0.3) is 0 Å². The Hall–Kier alpha value is -2.77. The van der Waals surface area contributed by atoms with Gasteiger partial charge in [0, 0.05) is 20.0 Å². The van der Waals surface area contributed by atoms with Gasteiger partial charge >= 0.3 is 12.2 Å². The maximum absolute atomic E-state index is 11.9. The topological polar surface area (TPSA) is 108 Å². The monoisotopic (exact) mass is 335 g/mol. The van der Waals surface area contributed by atoms with Crippen LogP contribution in [0.25, 0.3) is 0 Å². The SMILES string of the molecule is CC(=O)N1CC[C@@H](NC(=O)OCc2ccccc2)[C@H](NC(=O)O)C1. The highest BCUT2D eigenvalue weighted by atomic mass is 16.5. The van der Waals surface area contributed by atoms with Gasteiger partial charge in [-0.3, -0.25) is 4.79 Å². The molecule has 130 valence electrons. The summed E-state index contributed by atoms with van der Waals surface area (Å²) in [6, 6.07) is 8.24. The number of carbonyl (C=O) groups is 3. The summed E-state index contributed by atoms with van der Waals surface area (Å²) in [5.41, 5.74) is 0.860. The molecule has 1 aromatic rings. The molecule has 1 saturated heterocycles. The minimum Gasteiger partial charge on any atom is -0.465 e. The fourth-order valence-corrected chi connectivity index (χ4v) is 2.63. The number of ether oxygens (including phenoxy) is 1. The van der Waals surface area contributed by atoms with Crippen molar-refractivity contribution in [1.82, 2.24) is 15.5 Å². The van der Waals surface area contributed by atoms with Gasteiger partial charge in [0.1, 0.15) is 6.61 Å². The average molecular weight is 335 g/mol. The average Bonchev–Trinajstić information content (AvgIpc) is 2.55. The van der Waals surface area contributed by atoms with Crippen molar-refractivity contribution in [2.24, 2.45) is 0 Å². The third kappa shape index (κ3) is 5.15. The normalized spacial score (nSPS) is 20.1. The summed E-state index contributed by atoms with van der Waals surface area (Å²) in [4.78, 5) is 35.9. The summed E-state index contributed by atoms with van der Waals surface area (Å²) in [5, 5.41) is 14.0. The number of piperidine rings is 1. The molecule has 0 aromatic heterocycles. The van der Waals surface area contributed by atoms with Gasteiger partial charge < -0.3 is 25.4 Å². The number of likely N-dealkylation sites (tertiary alicyclic amines) is 1. The molecule has 3 amide bonds. The van der Waals surface area contributed by atoms with E-state index in [9.17, 15) is 14.4 Å². The predicted octanol–water partition coefficient (Wildman–Crippen LogP) is 1.17. The summed E-state index contributed by atoms with van der Waals surface area (Å²) in [6.07, 6.45) is -1.36. The highest BCUT2D eigenvalue weighted by Gasteiger charge is 2.32. The van der Waals surface area contributed by atoms with E-state index >= 15 is 0 Å². The third-order valence-electron chi connectivity index (χ3n) is 3.88. The second kappa shape index (κ2) is 8.19. The molecule has 1 aromatic carbocycles. The van der Waals surface area contributed by atoms with E-state index < -0.39 is 24.3 Å². The van der Waals surface area contributed by atoms with Crippen molar-refractivity contribution >= 4 is 18.1 Å². The zero-order valence-corrected chi connectivity index (χ0v) is 13.4. The van der Waals surface area contributed by atoms with Gasteiger partial charge in [-0.1, -0.05) is 30.3 Å². The van der Waals surface area contributed by atoms with E-state index in [-0.39, 0.29) is 19.1 Å². The molecule has 8 heteroatoms. The molecule has 0 radical (unpaired) electrons. The number of nitrogens with zero attached hydrogens (tertiary/aromatic N) is 1. The largest absolute Gasteiger partial charge is 0.465 e. The summed E-state index contributed by atoms with van der Waals surface area (Å²) in [7, 11) is 0.